The van der Waals surface area contributed by atoms with E-state index in [2.05, 4.69) is 5.32 Å². The molecule has 0 radical (unpaired) electrons. The van der Waals surface area contributed by atoms with Crippen LogP contribution in [0, 0.1) is 5.41 Å². The molecule has 1 aliphatic carbocycles. The number of carbonyl (C=O) groups excluding carboxylic acids is 2. The molecule has 1 amide bonds. The van der Waals surface area contributed by atoms with Crippen molar-refractivity contribution in [2.75, 3.05) is 5.32 Å². The first-order chi connectivity index (χ1) is 9.00. The molecule has 0 bridgehead atoms. The normalized spacial score (nSPS) is 15.4. The Kier molecular flexibility index (Phi) is 3.83. The number of rotatable bonds is 2. The van der Waals surface area contributed by atoms with E-state index in [9.17, 15) is 9.59 Å². The average Bonchev–Trinajstić information content (AvgIpc) is 2.37. The van der Waals surface area contributed by atoms with Crippen LogP contribution in [0.3, 0.4) is 0 Å². The summed E-state index contributed by atoms with van der Waals surface area (Å²) in [7, 11) is 0. The molecule has 0 aliphatic heterocycles. The van der Waals surface area contributed by atoms with E-state index in [-0.39, 0.29) is 21.3 Å². The van der Waals surface area contributed by atoms with Crippen molar-refractivity contribution in [1.82, 2.24) is 0 Å². The number of carbonyl (C=O) groups is 2. The van der Waals surface area contributed by atoms with E-state index in [1.807, 2.05) is 0 Å². The first kappa shape index (κ1) is 13.5. The zero-order valence-electron chi connectivity index (χ0n) is 9.54. The maximum Gasteiger partial charge on any atom is 0.259 e. The van der Waals surface area contributed by atoms with Gasteiger partial charge in [0, 0.05) is 5.69 Å². The topological polar surface area (TPSA) is 70.0 Å². The summed E-state index contributed by atoms with van der Waals surface area (Å²) in [5.41, 5.74) is 0.174. The van der Waals surface area contributed by atoms with Gasteiger partial charge in [0.15, 0.2) is 0 Å². The van der Waals surface area contributed by atoms with Crippen LogP contribution >= 0.6 is 23.2 Å². The van der Waals surface area contributed by atoms with Crippen LogP contribution in [0.5, 0.6) is 0 Å². The average molecular weight is 295 g/mol. The molecular weight excluding hydrogens is 287 g/mol. The second-order valence-electron chi connectivity index (χ2n) is 3.74. The summed E-state index contributed by atoms with van der Waals surface area (Å²) in [6, 6.07) is 8.67. The summed E-state index contributed by atoms with van der Waals surface area (Å²) in [4.78, 5) is 23.6. The van der Waals surface area contributed by atoms with Gasteiger partial charge in [-0.05, 0) is 18.2 Å². The lowest BCUT2D eigenvalue weighted by molar-refractivity contribution is -0.114. The highest BCUT2D eigenvalue weighted by Gasteiger charge is 2.28. The van der Waals surface area contributed by atoms with Crippen molar-refractivity contribution in [3.8, 4) is 0 Å². The number of nitrogens with one attached hydrogen (secondary N) is 2. The second kappa shape index (κ2) is 5.38. The molecule has 96 valence electrons. The first-order valence-electron chi connectivity index (χ1n) is 5.27. The van der Waals surface area contributed by atoms with Gasteiger partial charge in [-0.1, -0.05) is 41.4 Å². The van der Waals surface area contributed by atoms with E-state index < -0.39 is 11.7 Å². The second-order valence-corrected chi connectivity index (χ2v) is 4.53. The number of ketones is 1. The van der Waals surface area contributed by atoms with E-state index in [0.29, 0.717) is 5.69 Å². The zero-order valence-corrected chi connectivity index (χ0v) is 11.0. The molecule has 0 fully saturated rings. The van der Waals surface area contributed by atoms with Crippen molar-refractivity contribution in [3.63, 3.8) is 0 Å². The Balaban J connectivity index is 2.29. The third-order valence-electron chi connectivity index (χ3n) is 2.43. The minimum absolute atomic E-state index is 0.175. The molecule has 0 saturated heterocycles. The molecule has 2 N–H and O–H groups in total. The third kappa shape index (κ3) is 2.75. The Labute approximate surface area is 119 Å². The number of Topliss-reactive ketones (excluding diaryl/α,β-unsaturated/α-hetero) is 1. The highest BCUT2D eigenvalue weighted by Crippen LogP contribution is 2.25. The molecule has 19 heavy (non-hydrogen) atoms. The molecule has 0 spiro atoms. The largest absolute Gasteiger partial charge is 0.322 e. The van der Waals surface area contributed by atoms with Gasteiger partial charge in [0.2, 0.25) is 5.78 Å². The number of para-hydroxylation sites is 1. The van der Waals surface area contributed by atoms with E-state index in [1.54, 1.807) is 30.3 Å². The Morgan fingerprint density at radius 2 is 1.79 bits per heavy atom. The Morgan fingerprint density at radius 3 is 2.42 bits per heavy atom. The summed E-state index contributed by atoms with van der Waals surface area (Å²) >= 11 is 11.4. The van der Waals surface area contributed by atoms with E-state index in [4.69, 9.17) is 28.6 Å². The number of halogens is 2. The SMILES string of the molecule is N=C1C=C(Cl)C(=O)C(Cl)=C1C(=O)Nc1ccccc1. The van der Waals surface area contributed by atoms with Gasteiger partial charge in [-0.15, -0.1) is 0 Å². The van der Waals surface area contributed by atoms with Crippen LogP contribution < -0.4 is 5.32 Å². The predicted molar refractivity (Wildman–Crippen MR) is 74.6 cm³/mol. The predicted octanol–water partition coefficient (Wildman–Crippen LogP) is 2.84. The fourth-order valence-corrected chi connectivity index (χ4v) is 2.08. The van der Waals surface area contributed by atoms with Gasteiger partial charge >= 0.3 is 0 Å². The van der Waals surface area contributed by atoms with Gasteiger partial charge in [0.25, 0.3) is 5.91 Å². The Bertz CT molecular complexity index is 633. The lowest BCUT2D eigenvalue weighted by Gasteiger charge is -2.14. The quantitative estimate of drug-likeness (QED) is 0.824. The number of benzene rings is 1. The lowest BCUT2D eigenvalue weighted by atomic mass is 10.0. The van der Waals surface area contributed by atoms with Crippen LogP contribution in [-0.2, 0) is 9.59 Å². The molecule has 2 rings (SSSR count). The van der Waals surface area contributed by atoms with Gasteiger partial charge in [-0.3, -0.25) is 15.0 Å². The van der Waals surface area contributed by atoms with Crippen LogP contribution in [0.1, 0.15) is 0 Å². The molecule has 0 saturated carbocycles. The number of amides is 1. The highest BCUT2D eigenvalue weighted by molar-refractivity contribution is 6.60. The summed E-state index contributed by atoms with van der Waals surface area (Å²) in [5, 5.41) is 9.72. The number of allylic oxidation sites excluding steroid dienone is 3. The van der Waals surface area contributed by atoms with Crippen LogP contribution in [0.4, 0.5) is 5.69 Å². The van der Waals surface area contributed by atoms with Gasteiger partial charge in [0.05, 0.1) is 16.3 Å². The first-order valence-corrected chi connectivity index (χ1v) is 6.03. The summed E-state index contributed by atoms with van der Waals surface area (Å²) in [5.74, 6) is -1.27. The molecule has 0 unspecified atom stereocenters. The monoisotopic (exact) mass is 294 g/mol. The van der Waals surface area contributed by atoms with Crippen molar-refractivity contribution in [2.24, 2.45) is 0 Å². The molecular formula is C13H8Cl2N2O2. The molecule has 0 heterocycles. The summed E-state index contributed by atoms with van der Waals surface area (Å²) in [6.45, 7) is 0. The van der Waals surface area contributed by atoms with Crippen LogP contribution in [-0.4, -0.2) is 17.4 Å². The van der Waals surface area contributed by atoms with Crippen molar-refractivity contribution < 1.29 is 9.59 Å². The molecule has 1 aliphatic rings. The van der Waals surface area contributed by atoms with Crippen molar-refractivity contribution >= 4 is 46.3 Å². The zero-order chi connectivity index (χ0) is 14.0. The molecule has 1 aromatic rings. The number of hydrogen-bond donors (Lipinski definition) is 2. The number of hydrogen-bond acceptors (Lipinski definition) is 3. The van der Waals surface area contributed by atoms with Gasteiger partial charge in [-0.2, -0.15) is 0 Å². The standard InChI is InChI=1S/C13H8Cl2N2O2/c14-8-6-9(16)10(11(15)12(8)18)13(19)17-7-4-2-1-3-5-7/h1-6,16H,(H,17,19). The molecule has 1 aromatic carbocycles. The van der Waals surface area contributed by atoms with E-state index in [1.165, 1.54) is 0 Å². The Morgan fingerprint density at radius 1 is 1.16 bits per heavy atom. The van der Waals surface area contributed by atoms with Crippen molar-refractivity contribution in [3.05, 3.63) is 52.0 Å². The third-order valence-corrected chi connectivity index (χ3v) is 3.08. The summed E-state index contributed by atoms with van der Waals surface area (Å²) < 4.78 is 0. The van der Waals surface area contributed by atoms with Crippen molar-refractivity contribution in [1.29, 1.82) is 5.41 Å². The Hall–Kier alpha value is -1.91. The van der Waals surface area contributed by atoms with E-state index in [0.717, 1.165) is 6.08 Å². The van der Waals surface area contributed by atoms with Crippen LogP contribution in [0.25, 0.3) is 0 Å². The smallest absolute Gasteiger partial charge is 0.259 e. The van der Waals surface area contributed by atoms with E-state index >= 15 is 0 Å². The molecule has 6 heteroatoms. The van der Waals surface area contributed by atoms with Crippen LogP contribution in [0.15, 0.2) is 52.0 Å². The van der Waals surface area contributed by atoms with Gasteiger partial charge in [-0.25, -0.2) is 0 Å². The highest BCUT2D eigenvalue weighted by atomic mass is 35.5. The fourth-order valence-electron chi connectivity index (χ4n) is 1.54. The molecule has 0 atom stereocenters. The number of anilines is 1. The molecule has 4 nitrogen and oxygen atoms in total. The minimum atomic E-state index is -0.655. The van der Waals surface area contributed by atoms with Gasteiger partial charge in [0.1, 0.15) is 5.03 Å². The van der Waals surface area contributed by atoms with Crippen LogP contribution in [0.2, 0.25) is 0 Å². The maximum absolute atomic E-state index is 12.0. The van der Waals surface area contributed by atoms with Crippen molar-refractivity contribution in [2.45, 2.75) is 0 Å². The van der Waals surface area contributed by atoms with Gasteiger partial charge < -0.3 is 5.32 Å². The lowest BCUT2D eigenvalue weighted by Crippen LogP contribution is -2.25. The minimum Gasteiger partial charge on any atom is -0.322 e. The molecule has 0 aromatic heterocycles. The fraction of sp³-hybridized carbons (Fsp3) is 0. The summed E-state index contributed by atoms with van der Waals surface area (Å²) in [6.07, 6.45) is 1.11. The maximum atomic E-state index is 12.0.